The first-order valence-corrected chi connectivity index (χ1v) is 46.8. The van der Waals surface area contributed by atoms with Crippen LogP contribution in [0, 0.1) is 0 Å². The van der Waals surface area contributed by atoms with Gasteiger partial charge in [-0.1, -0.05) is 373 Å². The summed E-state index contributed by atoms with van der Waals surface area (Å²) in [6.07, 6.45) is 101. The highest BCUT2D eigenvalue weighted by atomic mass is 31.2. The van der Waals surface area contributed by atoms with Crippen molar-refractivity contribution >= 4 is 33.6 Å². The van der Waals surface area contributed by atoms with E-state index >= 15 is 0 Å². The van der Waals surface area contributed by atoms with Crippen LogP contribution in [0.15, 0.2) is 122 Å². The summed E-state index contributed by atoms with van der Waals surface area (Å²) in [4.78, 5) is 58.8. The summed E-state index contributed by atoms with van der Waals surface area (Å²) in [6.45, 7) is 2.52. The molecule has 0 radical (unpaired) electrons. The third kappa shape index (κ3) is 84.7. The zero-order chi connectivity index (χ0) is 79.4. The number of hydrogen-bond donors (Lipinski definition) is 4. The quantitative estimate of drug-likeness (QED) is 0.0146. The number of ether oxygens (including phenoxy) is 3. The first-order valence-electron chi connectivity index (χ1n) is 43.8. The Morgan fingerprint density at radius 1 is 0.266 bits per heavy atom. The number of aliphatic hydroxyl groups excluding tert-OH is 2. The molecule has 0 fully saturated rings. The minimum atomic E-state index is -4.93. The maximum Gasteiger partial charge on any atom is 0.472 e. The molecule has 0 spiro atoms. The van der Waals surface area contributed by atoms with Crippen LogP contribution in [0.4, 0.5) is 0 Å². The average molecular weight is 1570 g/mol. The maximum atomic E-state index is 13.0. The average Bonchev–Trinajstić information content (AvgIpc) is 0.903. The van der Waals surface area contributed by atoms with Gasteiger partial charge in [0, 0.05) is 19.3 Å². The monoisotopic (exact) mass is 1570 g/mol. The summed E-state index contributed by atoms with van der Waals surface area (Å²) in [7, 11) is -9.79. The van der Waals surface area contributed by atoms with Crippen LogP contribution in [-0.4, -0.2) is 95.9 Å². The Bertz CT molecular complexity index is 2460. The lowest BCUT2D eigenvalue weighted by atomic mass is 10.0. The summed E-state index contributed by atoms with van der Waals surface area (Å²) in [5.74, 6) is -1.56. The lowest BCUT2D eigenvalue weighted by Crippen LogP contribution is -2.30. The topological polar surface area (TPSA) is 231 Å². The first kappa shape index (κ1) is 105. The predicted molar refractivity (Wildman–Crippen MR) is 454 cm³/mol. The molecule has 0 aliphatic carbocycles. The van der Waals surface area contributed by atoms with Crippen molar-refractivity contribution in [3.63, 3.8) is 0 Å². The van der Waals surface area contributed by atoms with Gasteiger partial charge >= 0.3 is 33.6 Å². The number of phosphoric acid groups is 2. The molecule has 0 aliphatic rings. The van der Waals surface area contributed by atoms with Crippen molar-refractivity contribution in [3.05, 3.63) is 122 Å². The fraction of sp³-hybridized carbons (Fsp3) is 0.747. The molecule has 630 valence electrons. The highest BCUT2D eigenvalue weighted by molar-refractivity contribution is 7.47. The number of rotatable bonds is 83. The van der Waals surface area contributed by atoms with E-state index in [0.29, 0.717) is 19.3 Å². The van der Waals surface area contributed by atoms with Crippen molar-refractivity contribution in [2.75, 3.05) is 39.6 Å². The molecule has 5 atom stereocenters. The van der Waals surface area contributed by atoms with E-state index in [1.807, 2.05) is 0 Å². The van der Waals surface area contributed by atoms with Gasteiger partial charge in [0.05, 0.1) is 26.4 Å². The van der Waals surface area contributed by atoms with Crippen molar-refractivity contribution < 1.29 is 75.8 Å². The molecule has 5 unspecified atom stereocenters. The Kier molecular flexibility index (Phi) is 80.3. The molecule has 0 amide bonds. The molecule has 0 heterocycles. The highest BCUT2D eigenvalue weighted by Gasteiger charge is 2.29. The van der Waals surface area contributed by atoms with Crippen LogP contribution < -0.4 is 0 Å². The van der Waals surface area contributed by atoms with Crippen LogP contribution >= 0.6 is 15.6 Å². The Balaban J connectivity index is 4.50. The molecule has 0 rings (SSSR count). The zero-order valence-electron chi connectivity index (χ0n) is 69.2. The van der Waals surface area contributed by atoms with Gasteiger partial charge in [-0.2, -0.15) is 0 Å². The molecule has 0 aromatic rings. The number of aliphatic hydroxyl groups is 2. The summed E-state index contributed by atoms with van der Waals surface area (Å²) in [5.41, 5.74) is 0. The van der Waals surface area contributed by atoms with E-state index in [2.05, 4.69) is 142 Å². The molecule has 0 bridgehead atoms. The van der Waals surface area contributed by atoms with Gasteiger partial charge in [-0.25, -0.2) is 9.13 Å². The third-order valence-electron chi connectivity index (χ3n) is 18.7. The van der Waals surface area contributed by atoms with E-state index in [-0.39, 0.29) is 19.3 Å². The van der Waals surface area contributed by atoms with Crippen LogP contribution in [0.3, 0.4) is 0 Å². The second-order valence-electron chi connectivity index (χ2n) is 29.3. The van der Waals surface area contributed by atoms with Crippen LogP contribution in [0.2, 0.25) is 0 Å². The van der Waals surface area contributed by atoms with E-state index in [1.165, 1.54) is 180 Å². The number of carbonyl (C=O) groups is 3. The summed E-state index contributed by atoms with van der Waals surface area (Å²) < 4.78 is 61.4. The van der Waals surface area contributed by atoms with E-state index in [4.69, 9.17) is 32.3 Å². The molecule has 0 saturated heterocycles. The van der Waals surface area contributed by atoms with Crippen molar-refractivity contribution in [1.29, 1.82) is 0 Å². The Morgan fingerprint density at radius 3 is 0.771 bits per heavy atom. The van der Waals surface area contributed by atoms with Crippen molar-refractivity contribution in [2.24, 2.45) is 0 Å². The van der Waals surface area contributed by atoms with E-state index in [0.717, 1.165) is 141 Å². The summed E-state index contributed by atoms with van der Waals surface area (Å²) in [5, 5.41) is 20.7. The van der Waals surface area contributed by atoms with Gasteiger partial charge in [-0.15, -0.1) is 0 Å². The van der Waals surface area contributed by atoms with Gasteiger partial charge in [0.2, 0.25) is 0 Å². The lowest BCUT2D eigenvalue weighted by molar-refractivity contribution is -0.161. The predicted octanol–water partition coefficient (Wildman–Crippen LogP) is 26.4. The number of carbonyl (C=O) groups excluding carboxylic acids is 3. The molecule has 109 heavy (non-hydrogen) atoms. The molecular formula is C91H160O16P2. The maximum absolute atomic E-state index is 13.0. The largest absolute Gasteiger partial charge is 0.472 e. The molecule has 4 N–H and O–H groups in total. The molecule has 18 heteroatoms. The first-order chi connectivity index (χ1) is 53.2. The highest BCUT2D eigenvalue weighted by Crippen LogP contribution is 2.45. The Labute approximate surface area is 665 Å². The van der Waals surface area contributed by atoms with Gasteiger partial charge in [-0.3, -0.25) is 32.5 Å². The minimum Gasteiger partial charge on any atom is -0.463 e. The number of esters is 3. The second-order valence-corrected chi connectivity index (χ2v) is 32.2. The number of unbranched alkanes of at least 4 members (excludes halogenated alkanes) is 40. The molecule has 0 aliphatic heterocycles. The van der Waals surface area contributed by atoms with Crippen LogP contribution in [0.5, 0.6) is 0 Å². The fourth-order valence-corrected chi connectivity index (χ4v) is 13.7. The number of hydrogen-bond acceptors (Lipinski definition) is 14. The summed E-state index contributed by atoms with van der Waals surface area (Å²) >= 11 is 0. The van der Waals surface area contributed by atoms with Gasteiger partial charge in [-0.05, 0) is 109 Å². The fourth-order valence-electron chi connectivity index (χ4n) is 12.1. The Morgan fingerprint density at radius 2 is 0.486 bits per heavy atom. The molecule has 0 aromatic carbocycles. The van der Waals surface area contributed by atoms with Crippen molar-refractivity contribution in [3.8, 4) is 0 Å². The third-order valence-corrected chi connectivity index (χ3v) is 20.6. The minimum absolute atomic E-state index is 0.108. The van der Waals surface area contributed by atoms with Crippen LogP contribution in [0.25, 0.3) is 0 Å². The second kappa shape index (κ2) is 83.4. The lowest BCUT2D eigenvalue weighted by Gasteiger charge is -2.21. The van der Waals surface area contributed by atoms with Crippen LogP contribution in [0.1, 0.15) is 380 Å². The van der Waals surface area contributed by atoms with E-state index in [1.54, 1.807) is 0 Å². The summed E-state index contributed by atoms with van der Waals surface area (Å²) in [6, 6.07) is 0. The number of phosphoric ester groups is 2. The molecule has 0 saturated carbocycles. The SMILES string of the molecule is CC/C=C\C/C=C\C/C=C\C/C=C\C/C=C\CCCCCCCCCCCCCCCC(=O)OCC(O)COP(=O)(O)OCC(O)COP(=O)(O)OCC(COC(=O)CCCCCCCCCCCCCCC/C=C\C/C=C\C/C=C\C/C=C\C/C=C\CC)OC(=O)CCCCCCCCCCCCCCCCC. The smallest absolute Gasteiger partial charge is 0.463 e. The van der Waals surface area contributed by atoms with Gasteiger partial charge < -0.3 is 34.2 Å². The normalized spacial score (nSPS) is 14.4. The molecular weight excluding hydrogens is 1410 g/mol. The Hall–Kier alpha value is -4.05. The van der Waals surface area contributed by atoms with Gasteiger partial charge in [0.25, 0.3) is 0 Å². The van der Waals surface area contributed by atoms with Crippen LogP contribution in [-0.2, 0) is 55.8 Å². The number of allylic oxidation sites excluding steroid dienone is 20. The molecule has 0 aromatic heterocycles. The van der Waals surface area contributed by atoms with Gasteiger partial charge in [0.1, 0.15) is 25.4 Å². The van der Waals surface area contributed by atoms with Gasteiger partial charge in [0.15, 0.2) is 6.10 Å². The van der Waals surface area contributed by atoms with Crippen molar-refractivity contribution in [1.82, 2.24) is 0 Å². The zero-order valence-corrected chi connectivity index (χ0v) is 71.0. The van der Waals surface area contributed by atoms with E-state index in [9.17, 15) is 43.5 Å². The standard InChI is InChI=1S/C91H160O16P2/c1-4-7-10-13-16-19-22-25-28-30-32-34-36-38-40-42-44-46-48-50-52-54-57-59-62-65-68-71-74-77-89(94)101-80-86(92)81-103-108(97,98)104-82-87(93)83-105-109(99,100)106-85-88(107-91(96)79-76-73-70-67-64-61-56-27-24-21-18-15-12-9-6-3)84-102-90(95)78-75-72-69-66-63-60-58-55-53-51-49-47-45-43-41-39-37-35-33-31-29-26-23-20-17-14-11-8-5-2/h7-8,10-11,16-17,19-20,25-26,28-29,32-35,38-41,86-88,92-93H,4-6,9,12-15,18,21-24,27,30-31,36-37,42-85H2,1-3H3,(H,97,98)(H,99,100)/b10-7-,11-8-,19-16-,20-17-,28-25-,29-26-,34-32-,35-33-,40-38-,41-39-. The van der Waals surface area contributed by atoms with E-state index < -0.39 is 91.5 Å². The van der Waals surface area contributed by atoms with Crippen molar-refractivity contribution in [2.45, 2.75) is 399 Å². The molecule has 16 nitrogen and oxygen atoms in total.